The predicted octanol–water partition coefficient (Wildman–Crippen LogP) is 12.6. The standard InChI is InChI=1S/C49H32N4/c1-2-14-36(15-3-1)53-48-25-13-8-20-43(48)50-49(53)35-30-34(31-38(32-35)52-46-23-11-6-18-41(46)42-19-7-12-24-47(42)52)33-26-28-37(29-27-33)51-44-21-9-4-16-39(44)40-17-5-10-22-45(40)51/h1-32H. The fourth-order valence-corrected chi connectivity index (χ4v) is 8.30. The first kappa shape index (κ1) is 29.5. The molecule has 11 aromatic rings. The minimum atomic E-state index is 0.906. The second-order valence-corrected chi connectivity index (χ2v) is 13.6. The van der Waals surface area contributed by atoms with Crippen molar-refractivity contribution in [1.82, 2.24) is 18.7 Å². The van der Waals surface area contributed by atoms with Gasteiger partial charge >= 0.3 is 0 Å². The van der Waals surface area contributed by atoms with E-state index < -0.39 is 0 Å². The van der Waals surface area contributed by atoms with Crippen LogP contribution in [0.5, 0.6) is 0 Å². The monoisotopic (exact) mass is 676 g/mol. The fraction of sp³-hybridized carbons (Fsp3) is 0. The molecule has 11 rings (SSSR count). The van der Waals surface area contributed by atoms with E-state index in [1.807, 2.05) is 0 Å². The summed E-state index contributed by atoms with van der Waals surface area (Å²) in [5.74, 6) is 0.906. The Labute approximate surface area is 306 Å². The Bertz CT molecular complexity index is 3050. The van der Waals surface area contributed by atoms with E-state index in [1.54, 1.807) is 0 Å². The zero-order valence-electron chi connectivity index (χ0n) is 28.8. The fourth-order valence-electron chi connectivity index (χ4n) is 8.30. The van der Waals surface area contributed by atoms with Crippen LogP contribution < -0.4 is 0 Å². The topological polar surface area (TPSA) is 27.7 Å². The summed E-state index contributed by atoms with van der Waals surface area (Å²) in [4.78, 5) is 5.30. The first-order valence-corrected chi connectivity index (χ1v) is 18.1. The van der Waals surface area contributed by atoms with Gasteiger partial charge in [0.25, 0.3) is 0 Å². The number of rotatable bonds is 5. The highest BCUT2D eigenvalue weighted by Gasteiger charge is 2.19. The van der Waals surface area contributed by atoms with Gasteiger partial charge in [-0.2, -0.15) is 0 Å². The zero-order chi connectivity index (χ0) is 34.9. The highest BCUT2D eigenvalue weighted by atomic mass is 15.1. The predicted molar refractivity (Wildman–Crippen MR) is 221 cm³/mol. The molecule has 248 valence electrons. The smallest absolute Gasteiger partial charge is 0.145 e. The Balaban J connectivity index is 1.16. The van der Waals surface area contributed by atoms with E-state index in [2.05, 4.69) is 208 Å². The Morgan fingerprint density at radius 1 is 0.283 bits per heavy atom. The van der Waals surface area contributed by atoms with Crippen LogP contribution in [0, 0.1) is 0 Å². The Hall–Kier alpha value is -7.17. The molecule has 0 unspecified atom stereocenters. The van der Waals surface area contributed by atoms with Gasteiger partial charge in [0.15, 0.2) is 0 Å². The van der Waals surface area contributed by atoms with Crippen molar-refractivity contribution in [3.05, 3.63) is 194 Å². The van der Waals surface area contributed by atoms with Gasteiger partial charge in [-0.05, 0) is 90.0 Å². The first-order chi connectivity index (χ1) is 26.3. The Morgan fingerprint density at radius 3 is 1.28 bits per heavy atom. The average molecular weight is 677 g/mol. The van der Waals surface area contributed by atoms with Crippen LogP contribution in [-0.4, -0.2) is 18.7 Å². The molecular formula is C49H32N4. The molecule has 8 aromatic carbocycles. The second kappa shape index (κ2) is 11.7. The molecule has 0 amide bonds. The van der Waals surface area contributed by atoms with E-state index in [-0.39, 0.29) is 0 Å². The first-order valence-electron chi connectivity index (χ1n) is 18.1. The maximum absolute atomic E-state index is 5.30. The summed E-state index contributed by atoms with van der Waals surface area (Å²) >= 11 is 0. The molecule has 53 heavy (non-hydrogen) atoms. The molecule has 0 saturated heterocycles. The van der Waals surface area contributed by atoms with E-state index in [4.69, 9.17) is 4.98 Å². The van der Waals surface area contributed by atoms with Gasteiger partial charge in [0.2, 0.25) is 0 Å². The number of fused-ring (bicyclic) bond motifs is 7. The van der Waals surface area contributed by atoms with Crippen molar-refractivity contribution in [2.45, 2.75) is 0 Å². The zero-order valence-corrected chi connectivity index (χ0v) is 28.8. The largest absolute Gasteiger partial charge is 0.309 e. The summed E-state index contributed by atoms with van der Waals surface area (Å²) in [5, 5.41) is 5.00. The summed E-state index contributed by atoms with van der Waals surface area (Å²) < 4.78 is 7.06. The average Bonchev–Trinajstić information content (AvgIpc) is 3.89. The molecule has 0 saturated carbocycles. The van der Waals surface area contributed by atoms with Crippen molar-refractivity contribution in [3.8, 4) is 39.6 Å². The van der Waals surface area contributed by atoms with Crippen LogP contribution in [0.1, 0.15) is 0 Å². The number of imidazole rings is 1. The van der Waals surface area contributed by atoms with E-state index >= 15 is 0 Å². The molecule has 0 spiro atoms. The number of aromatic nitrogens is 4. The van der Waals surface area contributed by atoms with Gasteiger partial charge in [0.1, 0.15) is 5.82 Å². The van der Waals surface area contributed by atoms with Crippen LogP contribution in [0.15, 0.2) is 194 Å². The lowest BCUT2D eigenvalue weighted by atomic mass is 10.0. The van der Waals surface area contributed by atoms with Gasteiger partial charge in [-0.25, -0.2) is 4.98 Å². The van der Waals surface area contributed by atoms with Gasteiger partial charge < -0.3 is 9.13 Å². The quantitative estimate of drug-likeness (QED) is 0.178. The molecule has 0 fully saturated rings. The van der Waals surface area contributed by atoms with Gasteiger partial charge in [0, 0.05) is 44.2 Å². The van der Waals surface area contributed by atoms with E-state index in [0.29, 0.717) is 0 Å². The van der Waals surface area contributed by atoms with Crippen molar-refractivity contribution < 1.29 is 0 Å². The lowest BCUT2D eigenvalue weighted by molar-refractivity contribution is 1.10. The van der Waals surface area contributed by atoms with Crippen LogP contribution in [0.4, 0.5) is 0 Å². The normalized spacial score (nSPS) is 11.8. The molecule has 0 aliphatic rings. The molecule has 0 radical (unpaired) electrons. The van der Waals surface area contributed by atoms with Crippen LogP contribution in [0.2, 0.25) is 0 Å². The second-order valence-electron chi connectivity index (χ2n) is 13.6. The number of nitrogens with zero attached hydrogens (tertiary/aromatic N) is 4. The van der Waals surface area contributed by atoms with Crippen LogP contribution in [0.25, 0.3) is 94.2 Å². The van der Waals surface area contributed by atoms with E-state index in [1.165, 1.54) is 43.6 Å². The van der Waals surface area contributed by atoms with Crippen molar-refractivity contribution in [3.63, 3.8) is 0 Å². The lowest BCUT2D eigenvalue weighted by Gasteiger charge is -2.15. The molecule has 0 bridgehead atoms. The number of para-hydroxylation sites is 7. The molecule has 3 heterocycles. The molecule has 0 atom stereocenters. The van der Waals surface area contributed by atoms with Gasteiger partial charge in [-0.15, -0.1) is 0 Å². The van der Waals surface area contributed by atoms with Crippen molar-refractivity contribution >= 4 is 54.6 Å². The highest BCUT2D eigenvalue weighted by molar-refractivity contribution is 6.10. The Morgan fingerprint density at radius 2 is 0.717 bits per heavy atom. The van der Waals surface area contributed by atoms with Gasteiger partial charge in [-0.1, -0.05) is 115 Å². The SMILES string of the molecule is c1ccc(-n2c(-c3cc(-c4ccc(-n5c6ccccc6c6ccccc65)cc4)cc(-n4c5ccccc5c5ccccc54)c3)nc3ccccc32)cc1. The molecule has 0 N–H and O–H groups in total. The molecule has 4 heteroatoms. The van der Waals surface area contributed by atoms with Crippen LogP contribution in [-0.2, 0) is 0 Å². The molecule has 3 aromatic heterocycles. The highest BCUT2D eigenvalue weighted by Crippen LogP contribution is 2.38. The minimum absolute atomic E-state index is 0.906. The van der Waals surface area contributed by atoms with Gasteiger partial charge in [-0.3, -0.25) is 4.57 Å². The summed E-state index contributed by atoms with van der Waals surface area (Å²) in [6.07, 6.45) is 0. The molecule has 0 aliphatic heterocycles. The lowest BCUT2D eigenvalue weighted by Crippen LogP contribution is -2.00. The molecule has 4 nitrogen and oxygen atoms in total. The molecular weight excluding hydrogens is 645 g/mol. The van der Waals surface area contributed by atoms with E-state index in [0.717, 1.165) is 50.6 Å². The number of hydrogen-bond acceptors (Lipinski definition) is 1. The Kier molecular flexibility index (Phi) is 6.52. The van der Waals surface area contributed by atoms with E-state index in [9.17, 15) is 0 Å². The third kappa shape index (κ3) is 4.59. The summed E-state index contributed by atoms with van der Waals surface area (Å²) in [6.45, 7) is 0. The minimum Gasteiger partial charge on any atom is -0.309 e. The van der Waals surface area contributed by atoms with Crippen molar-refractivity contribution in [2.24, 2.45) is 0 Å². The number of benzene rings is 8. The third-order valence-electron chi connectivity index (χ3n) is 10.6. The summed E-state index contributed by atoms with van der Waals surface area (Å²) in [7, 11) is 0. The van der Waals surface area contributed by atoms with Crippen molar-refractivity contribution in [1.29, 1.82) is 0 Å². The van der Waals surface area contributed by atoms with Crippen molar-refractivity contribution in [2.75, 3.05) is 0 Å². The van der Waals surface area contributed by atoms with Crippen LogP contribution in [0.3, 0.4) is 0 Å². The number of hydrogen-bond donors (Lipinski definition) is 0. The third-order valence-corrected chi connectivity index (χ3v) is 10.6. The maximum Gasteiger partial charge on any atom is 0.145 e. The molecule has 0 aliphatic carbocycles. The summed E-state index contributed by atoms with van der Waals surface area (Å²) in [5.41, 5.74) is 13.4. The summed E-state index contributed by atoms with van der Waals surface area (Å²) in [6, 6.07) is 69.7. The van der Waals surface area contributed by atoms with Gasteiger partial charge in [0.05, 0.1) is 33.1 Å². The van der Waals surface area contributed by atoms with Crippen LogP contribution >= 0.6 is 0 Å². The maximum atomic E-state index is 5.30.